The van der Waals surface area contributed by atoms with E-state index in [2.05, 4.69) is 23.1 Å². The van der Waals surface area contributed by atoms with Crippen molar-refractivity contribution < 1.29 is 0 Å². The van der Waals surface area contributed by atoms with Crippen LogP contribution in [-0.2, 0) is 6.54 Å². The molecular weight excluding hydrogens is 180 g/mol. The first-order valence-electron chi connectivity index (χ1n) is 4.43. The summed E-state index contributed by atoms with van der Waals surface area (Å²) >= 11 is 1.61. The molecule has 0 aliphatic rings. The highest BCUT2D eigenvalue weighted by Crippen LogP contribution is 2.02. The maximum atomic E-state index is 5.37. The van der Waals surface area contributed by atoms with Gasteiger partial charge in [0.05, 0.1) is 17.2 Å². The second kappa shape index (κ2) is 5.74. The Hall–Kier alpha value is -0.850. The molecule has 0 bridgehead atoms. The van der Waals surface area contributed by atoms with Gasteiger partial charge in [-0.05, 0) is 6.42 Å². The summed E-state index contributed by atoms with van der Waals surface area (Å²) in [6, 6.07) is 0.187. The Morgan fingerprint density at radius 1 is 1.77 bits per heavy atom. The average Bonchev–Trinajstić information content (AvgIpc) is 2.64. The molecular formula is C10H14N2S. The molecule has 0 aliphatic heterocycles. The molecule has 1 unspecified atom stereocenters. The van der Waals surface area contributed by atoms with Crippen LogP contribution in [0.25, 0.3) is 0 Å². The molecule has 0 amide bonds. The summed E-state index contributed by atoms with van der Waals surface area (Å²) in [6.45, 7) is 2.91. The molecule has 1 rings (SSSR count). The van der Waals surface area contributed by atoms with Crippen LogP contribution in [0, 0.1) is 12.3 Å². The molecule has 0 spiro atoms. The molecule has 1 heterocycles. The Kier molecular flexibility index (Phi) is 4.52. The van der Waals surface area contributed by atoms with E-state index in [1.54, 1.807) is 11.3 Å². The van der Waals surface area contributed by atoms with Crippen molar-refractivity contribution in [1.82, 2.24) is 10.3 Å². The van der Waals surface area contributed by atoms with E-state index < -0.39 is 0 Å². The first kappa shape index (κ1) is 10.2. The highest BCUT2D eigenvalue weighted by Gasteiger charge is 2.02. The minimum Gasteiger partial charge on any atom is -0.298 e. The number of thiazole rings is 1. The van der Waals surface area contributed by atoms with Gasteiger partial charge in [0, 0.05) is 11.9 Å². The monoisotopic (exact) mass is 194 g/mol. The van der Waals surface area contributed by atoms with E-state index in [9.17, 15) is 0 Å². The van der Waals surface area contributed by atoms with Gasteiger partial charge in [-0.3, -0.25) is 5.32 Å². The third-order valence-electron chi connectivity index (χ3n) is 1.79. The van der Waals surface area contributed by atoms with Crippen molar-refractivity contribution in [3.05, 3.63) is 16.6 Å². The molecule has 1 atom stereocenters. The Morgan fingerprint density at radius 3 is 3.15 bits per heavy atom. The van der Waals surface area contributed by atoms with Crippen LogP contribution in [0.1, 0.15) is 25.5 Å². The van der Waals surface area contributed by atoms with Gasteiger partial charge < -0.3 is 0 Å². The topological polar surface area (TPSA) is 24.9 Å². The van der Waals surface area contributed by atoms with Crippen molar-refractivity contribution in [3.8, 4) is 12.3 Å². The minimum absolute atomic E-state index is 0.187. The minimum atomic E-state index is 0.187. The predicted octanol–water partition coefficient (Wildman–Crippen LogP) is 2.03. The van der Waals surface area contributed by atoms with Gasteiger partial charge in [0.15, 0.2) is 0 Å². The maximum Gasteiger partial charge on any atom is 0.0795 e. The molecule has 1 N–H and O–H groups in total. The lowest BCUT2D eigenvalue weighted by atomic mass is 10.2. The van der Waals surface area contributed by atoms with Crippen molar-refractivity contribution in [1.29, 1.82) is 0 Å². The van der Waals surface area contributed by atoms with E-state index in [0.717, 1.165) is 25.1 Å². The molecule has 13 heavy (non-hydrogen) atoms. The molecule has 70 valence electrons. The van der Waals surface area contributed by atoms with E-state index in [0.29, 0.717) is 0 Å². The fourth-order valence-corrected chi connectivity index (χ4v) is 1.64. The lowest BCUT2D eigenvalue weighted by Gasteiger charge is -2.09. The van der Waals surface area contributed by atoms with Gasteiger partial charge in [-0.15, -0.1) is 17.8 Å². The Labute approximate surface area is 83.4 Å². The van der Waals surface area contributed by atoms with Crippen molar-refractivity contribution in [3.63, 3.8) is 0 Å². The van der Waals surface area contributed by atoms with Gasteiger partial charge in [-0.25, -0.2) is 4.98 Å². The van der Waals surface area contributed by atoms with Gasteiger partial charge in [0.2, 0.25) is 0 Å². The Bertz CT molecular complexity index is 261. The first-order valence-corrected chi connectivity index (χ1v) is 5.37. The summed E-state index contributed by atoms with van der Waals surface area (Å²) in [5, 5.41) is 5.32. The number of aromatic nitrogens is 1. The van der Waals surface area contributed by atoms with Crippen LogP contribution >= 0.6 is 11.3 Å². The number of hydrogen-bond donors (Lipinski definition) is 1. The number of nitrogens with zero attached hydrogens (tertiary/aromatic N) is 1. The number of hydrogen-bond acceptors (Lipinski definition) is 3. The average molecular weight is 194 g/mol. The van der Waals surface area contributed by atoms with Gasteiger partial charge in [-0.2, -0.15) is 0 Å². The number of terminal acetylenes is 1. The Morgan fingerprint density at radius 2 is 2.62 bits per heavy atom. The zero-order valence-electron chi connectivity index (χ0n) is 7.79. The van der Waals surface area contributed by atoms with Gasteiger partial charge in [0.1, 0.15) is 0 Å². The molecule has 0 radical (unpaired) electrons. The quantitative estimate of drug-likeness (QED) is 0.725. The van der Waals surface area contributed by atoms with Crippen molar-refractivity contribution in [2.24, 2.45) is 0 Å². The summed E-state index contributed by atoms with van der Waals surface area (Å²) < 4.78 is 0. The molecule has 3 heteroatoms. The van der Waals surface area contributed by atoms with Gasteiger partial charge >= 0.3 is 0 Å². The third-order valence-corrected chi connectivity index (χ3v) is 2.43. The van der Waals surface area contributed by atoms with Crippen LogP contribution in [0.4, 0.5) is 0 Å². The molecule has 1 aromatic rings. The molecule has 0 saturated heterocycles. The normalized spacial score (nSPS) is 12.3. The van der Waals surface area contributed by atoms with Crippen molar-refractivity contribution in [2.45, 2.75) is 32.4 Å². The number of rotatable bonds is 5. The fraction of sp³-hybridized carbons (Fsp3) is 0.500. The Balaban J connectivity index is 2.29. The van der Waals surface area contributed by atoms with E-state index in [4.69, 9.17) is 6.42 Å². The lowest BCUT2D eigenvalue weighted by Crippen LogP contribution is -2.26. The SMILES string of the molecule is C#CC(CCC)NCc1cscn1. The van der Waals surface area contributed by atoms with E-state index in [-0.39, 0.29) is 6.04 Å². The van der Waals surface area contributed by atoms with Crippen molar-refractivity contribution in [2.75, 3.05) is 0 Å². The molecule has 0 fully saturated rings. The van der Waals surface area contributed by atoms with E-state index in [1.165, 1.54) is 0 Å². The summed E-state index contributed by atoms with van der Waals surface area (Å²) in [4.78, 5) is 4.17. The number of nitrogens with one attached hydrogen (secondary N) is 1. The zero-order valence-corrected chi connectivity index (χ0v) is 8.60. The second-order valence-electron chi connectivity index (χ2n) is 2.87. The van der Waals surface area contributed by atoms with Crippen LogP contribution in [-0.4, -0.2) is 11.0 Å². The summed E-state index contributed by atoms with van der Waals surface area (Å²) in [5.41, 5.74) is 2.91. The van der Waals surface area contributed by atoms with Crippen LogP contribution in [0.5, 0.6) is 0 Å². The standard InChI is InChI=1S/C10H14N2S/c1-3-5-9(4-2)11-6-10-7-13-8-12-10/h2,7-9,11H,3,5-6H2,1H3. The molecule has 1 aromatic heterocycles. The van der Waals surface area contributed by atoms with Crippen molar-refractivity contribution >= 4 is 11.3 Å². The van der Waals surface area contributed by atoms with Crippen LogP contribution in [0.2, 0.25) is 0 Å². The van der Waals surface area contributed by atoms with Crippen LogP contribution < -0.4 is 5.32 Å². The molecule has 0 aliphatic carbocycles. The molecule has 0 aromatic carbocycles. The fourth-order valence-electron chi connectivity index (χ4n) is 1.09. The lowest BCUT2D eigenvalue weighted by molar-refractivity contribution is 0.558. The largest absolute Gasteiger partial charge is 0.298 e. The summed E-state index contributed by atoms with van der Waals surface area (Å²) in [6.07, 6.45) is 7.51. The zero-order chi connectivity index (χ0) is 9.52. The van der Waals surface area contributed by atoms with Gasteiger partial charge in [-0.1, -0.05) is 19.3 Å². The summed E-state index contributed by atoms with van der Waals surface area (Å²) in [5.74, 6) is 2.73. The third kappa shape index (κ3) is 3.58. The van der Waals surface area contributed by atoms with Gasteiger partial charge in [0.25, 0.3) is 0 Å². The van der Waals surface area contributed by atoms with E-state index >= 15 is 0 Å². The van der Waals surface area contributed by atoms with E-state index in [1.807, 2.05) is 10.9 Å². The highest BCUT2D eigenvalue weighted by atomic mass is 32.1. The predicted molar refractivity (Wildman–Crippen MR) is 56.5 cm³/mol. The van der Waals surface area contributed by atoms with Crippen LogP contribution in [0.15, 0.2) is 10.9 Å². The molecule has 2 nitrogen and oxygen atoms in total. The van der Waals surface area contributed by atoms with Crippen LogP contribution in [0.3, 0.4) is 0 Å². The molecule has 0 saturated carbocycles. The smallest absolute Gasteiger partial charge is 0.0795 e. The summed E-state index contributed by atoms with van der Waals surface area (Å²) in [7, 11) is 0. The first-order chi connectivity index (χ1) is 6.36. The highest BCUT2D eigenvalue weighted by molar-refractivity contribution is 7.07. The second-order valence-corrected chi connectivity index (χ2v) is 3.59. The maximum absolute atomic E-state index is 5.37.